The number of aromatic nitrogens is 4. The largest absolute Gasteiger partial charge is 0.497 e. The molecule has 3 heterocycles. The number of rotatable bonds is 7. The molecule has 0 spiro atoms. The number of ether oxygens (including phenoxy) is 1. The minimum atomic E-state index is 0.205. The second-order valence-electron chi connectivity index (χ2n) is 8.08. The summed E-state index contributed by atoms with van der Waals surface area (Å²) in [4.78, 5) is 26.3. The molecule has 1 aliphatic rings. The van der Waals surface area contributed by atoms with Gasteiger partial charge in [0.05, 0.1) is 7.11 Å². The molecule has 4 rings (SSSR count). The number of methoxy groups -OCH3 is 1. The minimum absolute atomic E-state index is 0.205. The lowest BCUT2D eigenvalue weighted by Crippen LogP contribution is -2.48. The average Bonchev–Trinajstić information content (AvgIpc) is 3.23. The predicted octanol–water partition coefficient (Wildman–Crippen LogP) is 2.75. The molecular formula is C23H30N6O2S. The molecule has 1 saturated heterocycles. The van der Waals surface area contributed by atoms with Gasteiger partial charge in [-0.3, -0.25) is 9.69 Å². The maximum absolute atomic E-state index is 12.9. The smallest absolute Gasteiger partial charge is 0.253 e. The summed E-state index contributed by atoms with van der Waals surface area (Å²) in [6, 6.07) is 8.19. The van der Waals surface area contributed by atoms with E-state index in [1.54, 1.807) is 11.6 Å². The fourth-order valence-electron chi connectivity index (χ4n) is 4.17. The summed E-state index contributed by atoms with van der Waals surface area (Å²) in [5.74, 6) is 1.70. The van der Waals surface area contributed by atoms with Crippen LogP contribution in [0.1, 0.15) is 28.9 Å². The zero-order chi connectivity index (χ0) is 22.7. The number of hydrogen-bond acceptors (Lipinski definition) is 7. The van der Waals surface area contributed by atoms with Crippen molar-refractivity contribution in [2.45, 2.75) is 38.4 Å². The van der Waals surface area contributed by atoms with Gasteiger partial charge in [-0.2, -0.15) is 4.98 Å². The van der Waals surface area contributed by atoms with Crippen LogP contribution in [0.15, 0.2) is 29.4 Å². The van der Waals surface area contributed by atoms with Gasteiger partial charge in [-0.1, -0.05) is 23.9 Å². The second kappa shape index (κ2) is 9.87. The average molecular weight is 455 g/mol. The Balaban J connectivity index is 1.31. The van der Waals surface area contributed by atoms with Gasteiger partial charge >= 0.3 is 0 Å². The van der Waals surface area contributed by atoms with E-state index < -0.39 is 0 Å². The Morgan fingerprint density at radius 1 is 1.09 bits per heavy atom. The molecule has 0 radical (unpaired) electrons. The lowest BCUT2D eigenvalue weighted by Gasteiger charge is -2.35. The van der Waals surface area contributed by atoms with E-state index in [0.717, 1.165) is 55.4 Å². The minimum Gasteiger partial charge on any atom is -0.497 e. The van der Waals surface area contributed by atoms with Gasteiger partial charge in [0, 0.05) is 50.5 Å². The summed E-state index contributed by atoms with van der Waals surface area (Å²) in [6.45, 7) is 8.22. The number of hydrogen-bond donors (Lipinski definition) is 0. The number of thioether (sulfide) groups is 1. The molecule has 1 aromatic carbocycles. The third kappa shape index (κ3) is 4.88. The SMILES string of the molecule is COc1ccc(CN2CCN(C(=O)CCc3c(C)nc4nc(SC)nn4c3C)CC2)cc1. The van der Waals surface area contributed by atoms with Crippen molar-refractivity contribution < 1.29 is 9.53 Å². The van der Waals surface area contributed by atoms with Crippen molar-refractivity contribution in [3.63, 3.8) is 0 Å². The van der Waals surface area contributed by atoms with Crippen LogP contribution in [-0.2, 0) is 17.8 Å². The van der Waals surface area contributed by atoms with Crippen LogP contribution in [-0.4, -0.2) is 74.8 Å². The highest BCUT2D eigenvalue weighted by Gasteiger charge is 2.22. The Labute approximate surface area is 193 Å². The van der Waals surface area contributed by atoms with E-state index in [1.165, 1.54) is 17.3 Å². The highest BCUT2D eigenvalue weighted by Crippen LogP contribution is 2.19. The number of fused-ring (bicyclic) bond motifs is 1. The molecule has 0 unspecified atom stereocenters. The van der Waals surface area contributed by atoms with Crippen LogP contribution >= 0.6 is 11.8 Å². The van der Waals surface area contributed by atoms with E-state index >= 15 is 0 Å². The maximum atomic E-state index is 12.9. The van der Waals surface area contributed by atoms with E-state index in [9.17, 15) is 4.79 Å². The summed E-state index contributed by atoms with van der Waals surface area (Å²) >= 11 is 1.50. The first-order valence-electron chi connectivity index (χ1n) is 10.9. The van der Waals surface area contributed by atoms with Gasteiger partial charge in [0.25, 0.3) is 5.78 Å². The molecule has 3 aromatic rings. The summed E-state index contributed by atoms with van der Waals surface area (Å²) in [6.07, 6.45) is 3.10. The van der Waals surface area contributed by atoms with Crippen LogP contribution in [0.5, 0.6) is 5.75 Å². The van der Waals surface area contributed by atoms with Gasteiger partial charge in [-0.25, -0.2) is 9.50 Å². The Morgan fingerprint density at radius 2 is 1.81 bits per heavy atom. The molecule has 1 aliphatic heterocycles. The molecule has 8 nitrogen and oxygen atoms in total. The van der Waals surface area contributed by atoms with Gasteiger partial charge < -0.3 is 9.64 Å². The van der Waals surface area contributed by atoms with Crippen LogP contribution in [0, 0.1) is 13.8 Å². The number of amides is 1. The van der Waals surface area contributed by atoms with Crippen LogP contribution in [0.3, 0.4) is 0 Å². The van der Waals surface area contributed by atoms with Crippen LogP contribution in [0.25, 0.3) is 5.78 Å². The topological polar surface area (TPSA) is 75.9 Å². The lowest BCUT2D eigenvalue weighted by molar-refractivity contribution is -0.133. The molecule has 9 heteroatoms. The van der Waals surface area contributed by atoms with Crippen molar-refractivity contribution in [2.75, 3.05) is 39.5 Å². The van der Waals surface area contributed by atoms with Crippen LogP contribution in [0.4, 0.5) is 0 Å². The van der Waals surface area contributed by atoms with Crippen LogP contribution in [0.2, 0.25) is 0 Å². The van der Waals surface area contributed by atoms with E-state index in [0.29, 0.717) is 23.8 Å². The Morgan fingerprint density at radius 3 is 2.47 bits per heavy atom. The van der Waals surface area contributed by atoms with Gasteiger partial charge in [0.2, 0.25) is 11.1 Å². The lowest BCUT2D eigenvalue weighted by atomic mass is 10.1. The van der Waals surface area contributed by atoms with Gasteiger partial charge in [-0.15, -0.1) is 5.10 Å². The third-order valence-corrected chi connectivity index (χ3v) is 6.63. The molecule has 2 aromatic heterocycles. The molecule has 0 bridgehead atoms. The molecule has 0 aliphatic carbocycles. The number of carbonyl (C=O) groups is 1. The highest BCUT2D eigenvalue weighted by molar-refractivity contribution is 7.98. The summed E-state index contributed by atoms with van der Waals surface area (Å²) in [5.41, 5.74) is 4.28. The fourth-order valence-corrected chi connectivity index (χ4v) is 4.51. The van der Waals surface area contributed by atoms with Crippen molar-refractivity contribution in [2.24, 2.45) is 0 Å². The van der Waals surface area contributed by atoms with E-state index in [4.69, 9.17) is 4.74 Å². The van der Waals surface area contributed by atoms with Gasteiger partial charge in [0.1, 0.15) is 5.75 Å². The molecule has 1 amide bonds. The maximum Gasteiger partial charge on any atom is 0.253 e. The van der Waals surface area contributed by atoms with Crippen molar-refractivity contribution >= 4 is 23.4 Å². The van der Waals surface area contributed by atoms with Crippen molar-refractivity contribution in [1.82, 2.24) is 29.4 Å². The van der Waals surface area contributed by atoms with E-state index in [1.807, 2.05) is 37.1 Å². The van der Waals surface area contributed by atoms with Crippen LogP contribution < -0.4 is 4.74 Å². The first kappa shape index (κ1) is 22.5. The summed E-state index contributed by atoms with van der Waals surface area (Å²) in [7, 11) is 1.68. The standard InChI is InChI=1S/C23H30N6O2S/c1-16-20(17(2)29-22(24-16)25-23(26-29)32-4)9-10-21(30)28-13-11-27(12-14-28)15-18-5-7-19(31-3)8-6-18/h5-8H,9-15H2,1-4H3. The molecular weight excluding hydrogens is 424 g/mol. The number of piperazine rings is 1. The normalized spacial score (nSPS) is 14.8. The van der Waals surface area contributed by atoms with E-state index in [-0.39, 0.29) is 5.91 Å². The summed E-state index contributed by atoms with van der Waals surface area (Å²) in [5, 5.41) is 5.21. The highest BCUT2D eigenvalue weighted by atomic mass is 32.2. The Kier molecular flexibility index (Phi) is 6.95. The van der Waals surface area contributed by atoms with Gasteiger partial charge in [-0.05, 0) is 49.8 Å². The molecule has 1 fully saturated rings. The zero-order valence-electron chi connectivity index (χ0n) is 19.2. The molecule has 0 saturated carbocycles. The van der Waals surface area contributed by atoms with Crippen molar-refractivity contribution in [3.05, 3.63) is 46.8 Å². The van der Waals surface area contributed by atoms with Crippen molar-refractivity contribution in [1.29, 1.82) is 0 Å². The molecule has 0 atom stereocenters. The zero-order valence-corrected chi connectivity index (χ0v) is 20.0. The van der Waals surface area contributed by atoms with Gasteiger partial charge in [0.15, 0.2) is 0 Å². The number of aryl methyl sites for hydroxylation is 2. The molecule has 170 valence electrons. The first-order chi connectivity index (χ1) is 15.5. The molecule has 0 N–H and O–H groups in total. The number of benzene rings is 1. The van der Waals surface area contributed by atoms with E-state index in [2.05, 4.69) is 32.1 Å². The monoisotopic (exact) mass is 454 g/mol. The second-order valence-corrected chi connectivity index (χ2v) is 8.85. The molecule has 32 heavy (non-hydrogen) atoms. The first-order valence-corrected chi connectivity index (χ1v) is 12.1. The predicted molar refractivity (Wildman–Crippen MR) is 125 cm³/mol. The van der Waals surface area contributed by atoms with Crippen molar-refractivity contribution in [3.8, 4) is 5.75 Å². The Hall–Kier alpha value is -2.65. The number of nitrogens with zero attached hydrogens (tertiary/aromatic N) is 6. The Bertz CT molecular complexity index is 1090. The quantitative estimate of drug-likeness (QED) is 0.508. The number of carbonyl (C=O) groups excluding carboxylic acids is 1. The third-order valence-electron chi connectivity index (χ3n) is 6.09. The summed E-state index contributed by atoms with van der Waals surface area (Å²) < 4.78 is 7.01. The fraction of sp³-hybridized carbons (Fsp3) is 0.478.